The molecular weight excluding hydrogens is 313 g/mol. The van der Waals surface area contributed by atoms with Gasteiger partial charge >= 0.3 is 0 Å². The maximum Gasteiger partial charge on any atom is 0.237 e. The number of piperidine rings is 1. The van der Waals surface area contributed by atoms with Crippen molar-refractivity contribution >= 4 is 30.7 Å². The zero-order valence-electron chi connectivity index (χ0n) is 13.3. The van der Waals surface area contributed by atoms with Crippen molar-refractivity contribution in [1.82, 2.24) is 10.2 Å². The fourth-order valence-corrected chi connectivity index (χ4v) is 2.21. The summed E-state index contributed by atoms with van der Waals surface area (Å²) in [5.74, 6) is -0.0101. The van der Waals surface area contributed by atoms with E-state index in [1.807, 2.05) is 6.92 Å². The molecule has 1 fully saturated rings. The van der Waals surface area contributed by atoms with E-state index in [1.165, 1.54) is 0 Å². The van der Waals surface area contributed by atoms with Gasteiger partial charge in [0, 0.05) is 25.7 Å². The summed E-state index contributed by atoms with van der Waals surface area (Å²) in [6.07, 6.45) is 3.00. The van der Waals surface area contributed by atoms with Gasteiger partial charge in [-0.2, -0.15) is 0 Å². The summed E-state index contributed by atoms with van der Waals surface area (Å²) in [5.41, 5.74) is 5.72. The normalized spacial score (nSPS) is 17.8. The Morgan fingerprint density at radius 1 is 1.33 bits per heavy atom. The van der Waals surface area contributed by atoms with Gasteiger partial charge in [-0.1, -0.05) is 6.92 Å². The molecule has 0 radical (unpaired) electrons. The third-order valence-electron chi connectivity index (χ3n) is 3.57. The van der Waals surface area contributed by atoms with Crippen LogP contribution in [-0.2, 0) is 9.53 Å². The summed E-state index contributed by atoms with van der Waals surface area (Å²) < 4.78 is 5.55. The predicted molar refractivity (Wildman–Crippen MR) is 91.5 cm³/mol. The number of nitrogens with one attached hydrogen (secondary N) is 1. The second kappa shape index (κ2) is 12.5. The average Bonchev–Trinajstić information content (AvgIpc) is 2.39. The SMILES string of the molecule is CC[C@H](N)C(=O)NC1CCN(CCOC(C)C)CC1.Cl.Cl. The lowest BCUT2D eigenvalue weighted by atomic mass is 10.0. The topological polar surface area (TPSA) is 67.6 Å². The van der Waals surface area contributed by atoms with Gasteiger partial charge in [-0.3, -0.25) is 4.79 Å². The van der Waals surface area contributed by atoms with Crippen LogP contribution in [0.3, 0.4) is 0 Å². The molecule has 1 saturated heterocycles. The minimum Gasteiger partial charge on any atom is -0.377 e. The van der Waals surface area contributed by atoms with Crippen LogP contribution in [0.2, 0.25) is 0 Å². The molecule has 0 spiro atoms. The fraction of sp³-hybridized carbons (Fsp3) is 0.929. The van der Waals surface area contributed by atoms with E-state index in [0.717, 1.165) is 39.1 Å². The Bertz CT molecular complexity index is 273. The first-order valence-corrected chi connectivity index (χ1v) is 7.42. The molecule has 0 bridgehead atoms. The first-order chi connectivity index (χ1) is 9.02. The van der Waals surface area contributed by atoms with E-state index in [4.69, 9.17) is 10.5 Å². The van der Waals surface area contributed by atoms with Gasteiger partial charge in [-0.15, -0.1) is 24.8 Å². The minimum absolute atomic E-state index is 0. The Morgan fingerprint density at radius 2 is 1.90 bits per heavy atom. The zero-order chi connectivity index (χ0) is 14.3. The molecule has 7 heteroatoms. The molecule has 1 aliphatic rings. The Hall–Kier alpha value is -0.0700. The van der Waals surface area contributed by atoms with Crippen LogP contribution < -0.4 is 11.1 Å². The first-order valence-electron chi connectivity index (χ1n) is 7.42. The predicted octanol–water partition coefficient (Wildman–Crippen LogP) is 1.57. The highest BCUT2D eigenvalue weighted by molar-refractivity contribution is 5.85. The smallest absolute Gasteiger partial charge is 0.237 e. The van der Waals surface area contributed by atoms with Crippen molar-refractivity contribution in [1.29, 1.82) is 0 Å². The largest absolute Gasteiger partial charge is 0.377 e. The lowest BCUT2D eigenvalue weighted by Gasteiger charge is -2.32. The monoisotopic (exact) mass is 343 g/mol. The van der Waals surface area contributed by atoms with E-state index in [1.54, 1.807) is 0 Å². The Labute approximate surface area is 141 Å². The number of carbonyl (C=O) groups is 1. The summed E-state index contributed by atoms with van der Waals surface area (Å²) in [5, 5.41) is 3.04. The van der Waals surface area contributed by atoms with Crippen LogP contribution in [0.5, 0.6) is 0 Å². The van der Waals surface area contributed by atoms with Gasteiger partial charge in [0.2, 0.25) is 5.91 Å². The molecular formula is C14H31Cl2N3O2. The Balaban J connectivity index is 0. The van der Waals surface area contributed by atoms with E-state index in [9.17, 15) is 4.79 Å². The van der Waals surface area contributed by atoms with Crippen molar-refractivity contribution in [2.24, 2.45) is 5.73 Å². The van der Waals surface area contributed by atoms with E-state index in [2.05, 4.69) is 24.1 Å². The van der Waals surface area contributed by atoms with Crippen molar-refractivity contribution in [3.8, 4) is 0 Å². The third kappa shape index (κ3) is 9.53. The Kier molecular flexibility index (Phi) is 13.8. The molecule has 0 saturated carbocycles. The van der Waals surface area contributed by atoms with Gasteiger partial charge < -0.3 is 20.7 Å². The number of ether oxygens (including phenoxy) is 1. The summed E-state index contributed by atoms with van der Waals surface area (Å²) >= 11 is 0. The molecule has 0 aromatic carbocycles. The van der Waals surface area contributed by atoms with Gasteiger partial charge in [0.25, 0.3) is 0 Å². The van der Waals surface area contributed by atoms with Crippen molar-refractivity contribution < 1.29 is 9.53 Å². The number of carbonyl (C=O) groups excluding carboxylic acids is 1. The molecule has 128 valence electrons. The van der Waals surface area contributed by atoms with Gasteiger partial charge in [0.1, 0.15) is 0 Å². The lowest BCUT2D eigenvalue weighted by Crippen LogP contribution is -2.49. The summed E-state index contributed by atoms with van der Waals surface area (Å²) in [7, 11) is 0. The van der Waals surface area contributed by atoms with Gasteiger partial charge in [-0.05, 0) is 33.1 Å². The van der Waals surface area contributed by atoms with Crippen molar-refractivity contribution in [2.45, 2.75) is 58.2 Å². The number of nitrogens with zero attached hydrogens (tertiary/aromatic N) is 1. The minimum atomic E-state index is -0.363. The van der Waals surface area contributed by atoms with Gasteiger partial charge in [0.15, 0.2) is 0 Å². The molecule has 5 nitrogen and oxygen atoms in total. The molecule has 0 aromatic heterocycles. The Morgan fingerprint density at radius 3 is 2.38 bits per heavy atom. The molecule has 1 atom stereocenters. The van der Waals surface area contributed by atoms with Crippen molar-refractivity contribution in [2.75, 3.05) is 26.2 Å². The second-order valence-electron chi connectivity index (χ2n) is 5.56. The number of halogens is 2. The van der Waals surface area contributed by atoms with Crippen LogP contribution >= 0.6 is 24.8 Å². The molecule has 1 aliphatic heterocycles. The van der Waals surface area contributed by atoms with E-state index < -0.39 is 0 Å². The highest BCUT2D eigenvalue weighted by Gasteiger charge is 2.22. The molecule has 1 rings (SSSR count). The maximum atomic E-state index is 11.7. The van der Waals surface area contributed by atoms with Crippen LogP contribution in [-0.4, -0.2) is 55.2 Å². The van der Waals surface area contributed by atoms with Crippen molar-refractivity contribution in [3.05, 3.63) is 0 Å². The zero-order valence-corrected chi connectivity index (χ0v) is 15.0. The summed E-state index contributed by atoms with van der Waals surface area (Å²) in [6, 6.07) is -0.0789. The third-order valence-corrected chi connectivity index (χ3v) is 3.57. The van der Waals surface area contributed by atoms with Gasteiger partial charge in [-0.25, -0.2) is 0 Å². The summed E-state index contributed by atoms with van der Waals surface area (Å²) in [4.78, 5) is 14.1. The molecule has 1 amide bonds. The highest BCUT2D eigenvalue weighted by atomic mass is 35.5. The quantitative estimate of drug-likeness (QED) is 0.736. The van der Waals surface area contributed by atoms with Gasteiger partial charge in [0.05, 0.1) is 18.8 Å². The number of rotatable bonds is 7. The van der Waals surface area contributed by atoms with Crippen LogP contribution in [0.25, 0.3) is 0 Å². The number of amides is 1. The number of hydrogen-bond acceptors (Lipinski definition) is 4. The van der Waals surface area contributed by atoms with E-state index in [0.29, 0.717) is 12.5 Å². The standard InChI is InChI=1S/C14H29N3O2.2ClH/c1-4-13(15)14(18)16-12-5-7-17(8-6-12)9-10-19-11(2)3;;/h11-13H,4-10,15H2,1-3H3,(H,16,18);2*1H/t13-;;/m0../s1. The maximum absolute atomic E-state index is 11.7. The summed E-state index contributed by atoms with van der Waals surface area (Å²) in [6.45, 7) is 9.85. The van der Waals surface area contributed by atoms with Crippen LogP contribution in [0.1, 0.15) is 40.0 Å². The molecule has 0 aliphatic carbocycles. The fourth-order valence-electron chi connectivity index (χ4n) is 2.21. The van der Waals surface area contributed by atoms with E-state index in [-0.39, 0.29) is 42.8 Å². The molecule has 1 heterocycles. The molecule has 0 unspecified atom stereocenters. The number of hydrogen-bond donors (Lipinski definition) is 2. The van der Waals surface area contributed by atoms with E-state index >= 15 is 0 Å². The number of nitrogens with two attached hydrogens (primary N) is 1. The lowest BCUT2D eigenvalue weighted by molar-refractivity contribution is -0.123. The molecule has 3 N–H and O–H groups in total. The van der Waals surface area contributed by atoms with Crippen LogP contribution in [0.15, 0.2) is 0 Å². The molecule has 21 heavy (non-hydrogen) atoms. The van der Waals surface area contributed by atoms with Crippen LogP contribution in [0, 0.1) is 0 Å². The number of likely N-dealkylation sites (tertiary alicyclic amines) is 1. The first kappa shape index (κ1) is 23.2. The highest BCUT2D eigenvalue weighted by Crippen LogP contribution is 2.10. The van der Waals surface area contributed by atoms with Crippen LogP contribution in [0.4, 0.5) is 0 Å². The average molecular weight is 344 g/mol. The van der Waals surface area contributed by atoms with Crippen molar-refractivity contribution in [3.63, 3.8) is 0 Å². The molecule has 0 aromatic rings. The second-order valence-corrected chi connectivity index (χ2v) is 5.56.